The van der Waals surface area contributed by atoms with E-state index in [9.17, 15) is 13.2 Å². The number of halogens is 2. The minimum Gasteiger partial charge on any atom is -0.488 e. The van der Waals surface area contributed by atoms with Gasteiger partial charge in [-0.2, -0.15) is 0 Å². The first-order valence-corrected chi connectivity index (χ1v) is 10.5. The number of ether oxygens (including phenoxy) is 1. The van der Waals surface area contributed by atoms with E-state index in [2.05, 4.69) is 21.2 Å². The summed E-state index contributed by atoms with van der Waals surface area (Å²) in [7, 11) is -4.12. The van der Waals surface area contributed by atoms with Gasteiger partial charge < -0.3 is 10.1 Å². The summed E-state index contributed by atoms with van der Waals surface area (Å²) in [5.74, 6) is 0.862. The Hall–Kier alpha value is -1.77. The van der Waals surface area contributed by atoms with Crippen LogP contribution in [0.5, 0.6) is 5.75 Å². The zero-order valence-electron chi connectivity index (χ0n) is 13.7. The molecule has 138 valence electrons. The van der Waals surface area contributed by atoms with Crippen molar-refractivity contribution in [2.75, 3.05) is 6.54 Å². The fourth-order valence-electron chi connectivity index (χ4n) is 2.79. The quantitative estimate of drug-likeness (QED) is 0.731. The molecule has 2 amide bonds. The number of rotatable bonds is 4. The van der Waals surface area contributed by atoms with Crippen LogP contribution in [-0.2, 0) is 10.0 Å². The highest BCUT2D eigenvalue weighted by molar-refractivity contribution is 9.10. The number of carbonyl (C=O) groups is 1. The molecular weight excluding hydrogens is 444 g/mol. The standard InChI is InChI=1S/C17H16BrClN2O4S/c1-10-11-5-2-3-8-14(11)25-15(10)9-20-17(22)21-26(23,24)16-12(18)6-4-7-13(16)19/h2-8,10,15H,9H2,1H3,(H2,20,21,22)/t10-,15-/m0/s1. The fourth-order valence-corrected chi connectivity index (χ4v) is 5.46. The highest BCUT2D eigenvalue weighted by Crippen LogP contribution is 2.37. The highest BCUT2D eigenvalue weighted by atomic mass is 79.9. The zero-order chi connectivity index (χ0) is 18.9. The monoisotopic (exact) mass is 458 g/mol. The van der Waals surface area contributed by atoms with E-state index in [1.807, 2.05) is 35.9 Å². The van der Waals surface area contributed by atoms with Gasteiger partial charge >= 0.3 is 6.03 Å². The molecule has 9 heteroatoms. The minimum atomic E-state index is -4.12. The Morgan fingerprint density at radius 1 is 1.23 bits per heavy atom. The lowest BCUT2D eigenvalue weighted by molar-refractivity contribution is 0.201. The second kappa shape index (κ2) is 7.46. The number of fused-ring (bicyclic) bond motifs is 1. The Balaban J connectivity index is 1.63. The van der Waals surface area contributed by atoms with Crippen molar-refractivity contribution in [1.82, 2.24) is 10.0 Å². The lowest BCUT2D eigenvalue weighted by Crippen LogP contribution is -2.44. The van der Waals surface area contributed by atoms with Gasteiger partial charge in [0.25, 0.3) is 10.0 Å². The van der Waals surface area contributed by atoms with Crippen LogP contribution in [-0.4, -0.2) is 27.1 Å². The van der Waals surface area contributed by atoms with Gasteiger partial charge in [0.1, 0.15) is 16.7 Å². The highest BCUT2D eigenvalue weighted by Gasteiger charge is 2.31. The molecule has 6 nitrogen and oxygen atoms in total. The van der Waals surface area contributed by atoms with Crippen LogP contribution in [0.4, 0.5) is 4.79 Å². The van der Waals surface area contributed by atoms with E-state index in [-0.39, 0.29) is 33.0 Å². The van der Waals surface area contributed by atoms with E-state index in [0.29, 0.717) is 0 Å². The molecule has 2 aromatic carbocycles. The van der Waals surface area contributed by atoms with Crippen LogP contribution in [0.3, 0.4) is 0 Å². The van der Waals surface area contributed by atoms with E-state index in [1.165, 1.54) is 12.1 Å². The molecule has 1 aliphatic rings. The molecule has 0 saturated carbocycles. The Morgan fingerprint density at radius 2 is 1.96 bits per heavy atom. The topological polar surface area (TPSA) is 84.5 Å². The number of urea groups is 1. The van der Waals surface area contributed by atoms with E-state index >= 15 is 0 Å². The number of para-hydroxylation sites is 1. The number of nitrogens with one attached hydrogen (secondary N) is 2. The van der Waals surface area contributed by atoms with Crippen LogP contribution in [0.2, 0.25) is 5.02 Å². The third-order valence-corrected chi connectivity index (χ3v) is 6.91. The molecule has 1 aliphatic heterocycles. The molecule has 0 fully saturated rings. The van der Waals surface area contributed by atoms with Crippen molar-refractivity contribution in [3.63, 3.8) is 0 Å². The lowest BCUT2D eigenvalue weighted by atomic mass is 9.98. The molecule has 26 heavy (non-hydrogen) atoms. The van der Waals surface area contributed by atoms with E-state index < -0.39 is 16.1 Å². The molecule has 3 rings (SSSR count). The zero-order valence-corrected chi connectivity index (χ0v) is 16.9. The summed E-state index contributed by atoms with van der Waals surface area (Å²) in [6.45, 7) is 2.16. The number of carbonyl (C=O) groups excluding carboxylic acids is 1. The summed E-state index contributed by atoms with van der Waals surface area (Å²) in [6, 6.07) is 11.4. The lowest BCUT2D eigenvalue weighted by Gasteiger charge is -2.17. The van der Waals surface area contributed by atoms with Gasteiger partial charge in [0.15, 0.2) is 0 Å². The van der Waals surface area contributed by atoms with Crippen molar-refractivity contribution >= 4 is 43.6 Å². The van der Waals surface area contributed by atoms with Crippen molar-refractivity contribution in [2.45, 2.75) is 23.8 Å². The third kappa shape index (κ3) is 3.82. The van der Waals surface area contributed by atoms with Crippen LogP contribution in [0.1, 0.15) is 18.4 Å². The third-order valence-electron chi connectivity index (χ3n) is 4.12. The normalized spacial score (nSPS) is 18.7. The molecule has 0 radical (unpaired) electrons. The van der Waals surface area contributed by atoms with Gasteiger partial charge in [0, 0.05) is 16.0 Å². The summed E-state index contributed by atoms with van der Waals surface area (Å²) in [6.07, 6.45) is -0.270. The molecule has 2 atom stereocenters. The molecule has 0 unspecified atom stereocenters. The Bertz CT molecular complexity index is 931. The smallest absolute Gasteiger partial charge is 0.328 e. The first kappa shape index (κ1) is 19.0. The molecule has 2 aromatic rings. The molecule has 0 saturated heterocycles. The second-order valence-corrected chi connectivity index (χ2v) is 8.73. The average Bonchev–Trinajstić information content (AvgIpc) is 2.89. The summed E-state index contributed by atoms with van der Waals surface area (Å²) >= 11 is 9.08. The molecule has 0 bridgehead atoms. The van der Waals surface area contributed by atoms with Gasteiger partial charge in [0.05, 0.1) is 11.6 Å². The maximum atomic E-state index is 12.4. The Kier molecular flexibility index (Phi) is 5.45. The van der Waals surface area contributed by atoms with E-state index in [4.69, 9.17) is 16.3 Å². The number of amides is 2. The average molecular weight is 460 g/mol. The number of hydrogen-bond acceptors (Lipinski definition) is 4. The maximum Gasteiger partial charge on any atom is 0.328 e. The predicted octanol–water partition coefficient (Wildman–Crippen LogP) is 3.66. The Morgan fingerprint density at radius 3 is 2.65 bits per heavy atom. The maximum absolute atomic E-state index is 12.4. The van der Waals surface area contributed by atoms with E-state index in [1.54, 1.807) is 6.07 Å². The van der Waals surface area contributed by atoms with Gasteiger partial charge in [0.2, 0.25) is 0 Å². The molecule has 2 N–H and O–H groups in total. The Labute approximate surface area is 165 Å². The van der Waals surface area contributed by atoms with Gasteiger partial charge in [-0.3, -0.25) is 0 Å². The number of hydrogen-bond donors (Lipinski definition) is 2. The van der Waals surface area contributed by atoms with Crippen LogP contribution < -0.4 is 14.8 Å². The van der Waals surface area contributed by atoms with Crippen molar-refractivity contribution in [3.8, 4) is 5.75 Å². The van der Waals surface area contributed by atoms with Crippen LogP contribution in [0.25, 0.3) is 0 Å². The summed E-state index contributed by atoms with van der Waals surface area (Å²) in [4.78, 5) is 11.9. The van der Waals surface area contributed by atoms with Crippen molar-refractivity contribution < 1.29 is 17.9 Å². The van der Waals surface area contributed by atoms with Gasteiger partial charge in [-0.1, -0.05) is 42.8 Å². The second-order valence-electron chi connectivity index (χ2n) is 5.85. The van der Waals surface area contributed by atoms with Crippen LogP contribution in [0, 0.1) is 0 Å². The van der Waals surface area contributed by atoms with Crippen molar-refractivity contribution in [3.05, 3.63) is 57.5 Å². The first-order chi connectivity index (χ1) is 12.3. The SMILES string of the molecule is C[C@H]1c2ccccc2O[C@H]1CNC(=O)NS(=O)(=O)c1c(Cl)cccc1Br. The summed E-state index contributed by atoms with van der Waals surface area (Å²) in [5, 5.41) is 2.56. The number of benzene rings is 2. The van der Waals surface area contributed by atoms with Gasteiger partial charge in [-0.25, -0.2) is 17.9 Å². The summed E-state index contributed by atoms with van der Waals surface area (Å²) in [5.41, 5.74) is 1.06. The molecule has 0 spiro atoms. The number of sulfonamides is 1. The van der Waals surface area contributed by atoms with Crippen LogP contribution >= 0.6 is 27.5 Å². The first-order valence-electron chi connectivity index (χ1n) is 7.80. The predicted molar refractivity (Wildman–Crippen MR) is 102 cm³/mol. The van der Waals surface area contributed by atoms with Crippen LogP contribution in [0.15, 0.2) is 51.8 Å². The van der Waals surface area contributed by atoms with Crippen molar-refractivity contribution in [2.24, 2.45) is 0 Å². The van der Waals surface area contributed by atoms with E-state index in [0.717, 1.165) is 11.3 Å². The molecular formula is C17H16BrClN2O4S. The minimum absolute atomic E-state index is 0.0165. The van der Waals surface area contributed by atoms with Crippen molar-refractivity contribution in [1.29, 1.82) is 0 Å². The largest absolute Gasteiger partial charge is 0.488 e. The summed E-state index contributed by atoms with van der Waals surface area (Å²) < 4.78 is 32.9. The molecule has 0 aliphatic carbocycles. The fraction of sp³-hybridized carbons (Fsp3) is 0.235. The van der Waals surface area contributed by atoms with Gasteiger partial charge in [-0.15, -0.1) is 0 Å². The molecule has 0 aromatic heterocycles. The van der Waals surface area contributed by atoms with Gasteiger partial charge in [-0.05, 0) is 34.1 Å². The molecule has 1 heterocycles.